The van der Waals surface area contributed by atoms with Crippen molar-refractivity contribution >= 4 is 11.9 Å². The Bertz CT molecular complexity index is 870. The minimum absolute atomic E-state index is 0.0774. The van der Waals surface area contributed by atoms with Gasteiger partial charge in [-0.25, -0.2) is 4.79 Å². The molecule has 4 rings (SSSR count). The van der Waals surface area contributed by atoms with E-state index in [4.69, 9.17) is 9.47 Å². The number of piperidine rings is 1. The molecule has 1 fully saturated rings. The second kappa shape index (κ2) is 6.94. The molecule has 1 aromatic heterocycles. The molecule has 0 aliphatic carbocycles. The van der Waals surface area contributed by atoms with E-state index in [2.05, 4.69) is 5.10 Å². The summed E-state index contributed by atoms with van der Waals surface area (Å²) < 4.78 is 13.2. The first-order valence-corrected chi connectivity index (χ1v) is 8.99. The third-order valence-electron chi connectivity index (χ3n) is 5.18. The highest BCUT2D eigenvalue weighted by Gasteiger charge is 2.34. The predicted molar refractivity (Wildman–Crippen MR) is 95.1 cm³/mol. The Morgan fingerprint density at radius 3 is 2.56 bits per heavy atom. The van der Waals surface area contributed by atoms with Gasteiger partial charge in [-0.2, -0.15) is 5.10 Å². The number of hydrogen-bond acceptors (Lipinski definition) is 5. The molecule has 0 saturated carbocycles. The number of hydrogen-bond donors (Lipinski definition) is 1. The van der Waals surface area contributed by atoms with Crippen LogP contribution in [0.1, 0.15) is 34.9 Å². The number of rotatable bonds is 3. The molecule has 2 aliphatic heterocycles. The van der Waals surface area contributed by atoms with Gasteiger partial charge in [0.05, 0.1) is 17.9 Å². The molecule has 3 heterocycles. The quantitative estimate of drug-likeness (QED) is 0.886. The lowest BCUT2D eigenvalue weighted by Gasteiger charge is -2.35. The maximum atomic E-state index is 12.8. The van der Waals surface area contributed by atoms with Crippen LogP contribution >= 0.6 is 0 Å². The minimum atomic E-state index is -0.971. The Labute approximate surface area is 156 Å². The maximum Gasteiger partial charge on any atom is 0.339 e. The second-order valence-electron chi connectivity index (χ2n) is 6.81. The third-order valence-corrected chi connectivity index (χ3v) is 5.18. The SMILES string of the molecule is Cc1c(C(=O)O)cnn1C1CCN(C(=O)C2COc3ccccc3O2)CC1. The molecule has 27 heavy (non-hydrogen) atoms. The van der Waals surface area contributed by atoms with Crippen LogP contribution in [-0.4, -0.2) is 57.5 Å². The highest BCUT2D eigenvalue weighted by Crippen LogP contribution is 2.32. The molecule has 142 valence electrons. The van der Waals surface area contributed by atoms with Gasteiger partial charge < -0.3 is 19.5 Å². The van der Waals surface area contributed by atoms with Crippen LogP contribution in [0.25, 0.3) is 0 Å². The van der Waals surface area contributed by atoms with Crippen LogP contribution in [0.5, 0.6) is 11.5 Å². The molecule has 2 aliphatic rings. The molecule has 8 nitrogen and oxygen atoms in total. The largest absolute Gasteiger partial charge is 0.485 e. The number of amides is 1. The molecule has 1 aromatic carbocycles. The van der Waals surface area contributed by atoms with Crippen LogP contribution in [-0.2, 0) is 4.79 Å². The predicted octanol–water partition coefficient (Wildman–Crippen LogP) is 1.89. The number of carboxylic acid groups (broad SMARTS) is 1. The maximum absolute atomic E-state index is 12.8. The summed E-state index contributed by atoms with van der Waals surface area (Å²) >= 11 is 0. The summed E-state index contributed by atoms with van der Waals surface area (Å²) in [6, 6.07) is 7.41. The zero-order chi connectivity index (χ0) is 19.0. The van der Waals surface area contributed by atoms with Crippen molar-refractivity contribution in [3.05, 3.63) is 41.7 Å². The fourth-order valence-electron chi connectivity index (χ4n) is 3.68. The molecule has 2 aromatic rings. The number of fused-ring (bicyclic) bond motifs is 1. The fourth-order valence-corrected chi connectivity index (χ4v) is 3.68. The van der Waals surface area contributed by atoms with Gasteiger partial charge in [0.25, 0.3) is 5.91 Å². The van der Waals surface area contributed by atoms with E-state index in [0.29, 0.717) is 30.3 Å². The summed E-state index contributed by atoms with van der Waals surface area (Å²) in [6.07, 6.45) is 2.19. The van der Waals surface area contributed by atoms with E-state index < -0.39 is 12.1 Å². The molecule has 1 saturated heterocycles. The third kappa shape index (κ3) is 3.22. The average molecular weight is 371 g/mol. The minimum Gasteiger partial charge on any atom is -0.485 e. The van der Waals surface area contributed by atoms with Gasteiger partial charge in [-0.3, -0.25) is 9.48 Å². The lowest BCUT2D eigenvalue weighted by atomic mass is 10.0. The number of aromatic nitrogens is 2. The number of carbonyl (C=O) groups excluding carboxylic acids is 1. The molecular formula is C19H21N3O5. The number of likely N-dealkylation sites (tertiary alicyclic amines) is 1. The summed E-state index contributed by atoms with van der Waals surface area (Å²) in [6.45, 7) is 3.12. The summed E-state index contributed by atoms with van der Waals surface area (Å²) in [5.74, 6) is 0.196. The Balaban J connectivity index is 1.38. The number of carboxylic acids is 1. The molecule has 0 bridgehead atoms. The normalized spacial score (nSPS) is 19.7. The smallest absolute Gasteiger partial charge is 0.339 e. The lowest BCUT2D eigenvalue weighted by Crippen LogP contribution is -2.49. The van der Waals surface area contributed by atoms with Gasteiger partial charge in [-0.15, -0.1) is 0 Å². The van der Waals surface area contributed by atoms with Gasteiger partial charge in [0.1, 0.15) is 12.2 Å². The Morgan fingerprint density at radius 2 is 1.89 bits per heavy atom. The van der Waals surface area contributed by atoms with Crippen LogP contribution in [0.4, 0.5) is 0 Å². The first-order chi connectivity index (χ1) is 13.0. The number of nitrogens with zero attached hydrogens (tertiary/aromatic N) is 3. The monoisotopic (exact) mass is 371 g/mol. The standard InChI is InChI=1S/C19H21N3O5/c1-12-14(19(24)25)10-20-22(12)13-6-8-21(9-7-13)18(23)17-11-26-15-4-2-3-5-16(15)27-17/h2-5,10,13,17H,6-9,11H2,1H3,(H,24,25). The molecule has 1 atom stereocenters. The number of para-hydroxylation sites is 2. The number of benzene rings is 1. The first kappa shape index (κ1) is 17.4. The second-order valence-corrected chi connectivity index (χ2v) is 6.81. The Kier molecular flexibility index (Phi) is 4.47. The van der Waals surface area contributed by atoms with Gasteiger partial charge in [0.15, 0.2) is 11.5 Å². The van der Waals surface area contributed by atoms with Gasteiger partial charge in [0, 0.05) is 13.1 Å². The molecule has 0 radical (unpaired) electrons. The van der Waals surface area contributed by atoms with Crippen molar-refractivity contribution in [3.8, 4) is 11.5 Å². The van der Waals surface area contributed by atoms with Crippen molar-refractivity contribution in [1.29, 1.82) is 0 Å². The zero-order valence-electron chi connectivity index (χ0n) is 15.0. The molecule has 1 amide bonds. The van der Waals surface area contributed by atoms with Gasteiger partial charge >= 0.3 is 5.97 Å². The van der Waals surface area contributed by atoms with E-state index in [-0.39, 0.29) is 24.1 Å². The first-order valence-electron chi connectivity index (χ1n) is 8.99. The van der Waals surface area contributed by atoms with Gasteiger partial charge in [-0.1, -0.05) is 12.1 Å². The molecule has 0 spiro atoms. The van der Waals surface area contributed by atoms with Crippen molar-refractivity contribution in [3.63, 3.8) is 0 Å². The molecule has 1 unspecified atom stereocenters. The lowest BCUT2D eigenvalue weighted by molar-refractivity contribution is -0.142. The average Bonchev–Trinajstić information content (AvgIpc) is 3.09. The summed E-state index contributed by atoms with van der Waals surface area (Å²) in [4.78, 5) is 25.8. The van der Waals surface area contributed by atoms with E-state index in [1.54, 1.807) is 22.6 Å². The molecular weight excluding hydrogens is 350 g/mol. The van der Waals surface area contributed by atoms with Crippen molar-refractivity contribution in [2.45, 2.75) is 31.9 Å². The van der Waals surface area contributed by atoms with Crippen LogP contribution in [0.3, 0.4) is 0 Å². The molecule has 1 N–H and O–H groups in total. The fraction of sp³-hybridized carbons (Fsp3) is 0.421. The van der Waals surface area contributed by atoms with Crippen molar-refractivity contribution in [2.75, 3.05) is 19.7 Å². The van der Waals surface area contributed by atoms with Crippen LogP contribution < -0.4 is 9.47 Å². The Hall–Kier alpha value is -3.03. The van der Waals surface area contributed by atoms with Crippen LogP contribution in [0.15, 0.2) is 30.5 Å². The zero-order valence-corrected chi connectivity index (χ0v) is 15.0. The van der Waals surface area contributed by atoms with Crippen LogP contribution in [0, 0.1) is 6.92 Å². The molecule has 8 heteroatoms. The van der Waals surface area contributed by atoms with E-state index in [1.807, 2.05) is 18.2 Å². The van der Waals surface area contributed by atoms with Crippen LogP contribution in [0.2, 0.25) is 0 Å². The number of ether oxygens (including phenoxy) is 2. The Morgan fingerprint density at radius 1 is 1.19 bits per heavy atom. The number of carbonyl (C=O) groups is 2. The van der Waals surface area contributed by atoms with Crippen molar-refractivity contribution in [2.24, 2.45) is 0 Å². The summed E-state index contributed by atoms with van der Waals surface area (Å²) in [7, 11) is 0. The van der Waals surface area contributed by atoms with E-state index >= 15 is 0 Å². The number of aromatic carboxylic acids is 1. The van der Waals surface area contributed by atoms with Gasteiger partial charge in [-0.05, 0) is 31.9 Å². The van der Waals surface area contributed by atoms with E-state index in [1.165, 1.54) is 6.20 Å². The summed E-state index contributed by atoms with van der Waals surface area (Å²) in [5, 5.41) is 13.4. The van der Waals surface area contributed by atoms with E-state index in [9.17, 15) is 14.7 Å². The van der Waals surface area contributed by atoms with Crippen molar-refractivity contribution < 1.29 is 24.2 Å². The summed E-state index contributed by atoms with van der Waals surface area (Å²) in [5.41, 5.74) is 0.868. The topological polar surface area (TPSA) is 93.9 Å². The highest BCUT2D eigenvalue weighted by atomic mass is 16.6. The highest BCUT2D eigenvalue weighted by molar-refractivity contribution is 5.88. The van der Waals surface area contributed by atoms with E-state index in [0.717, 1.165) is 12.8 Å². The van der Waals surface area contributed by atoms with Crippen molar-refractivity contribution in [1.82, 2.24) is 14.7 Å². The van der Waals surface area contributed by atoms with Gasteiger partial charge in [0.2, 0.25) is 6.10 Å².